The van der Waals surface area contributed by atoms with E-state index in [9.17, 15) is 4.79 Å². The van der Waals surface area contributed by atoms with Crippen molar-refractivity contribution in [1.82, 2.24) is 9.97 Å². The highest BCUT2D eigenvalue weighted by atomic mass is 16.5. The lowest BCUT2D eigenvalue weighted by molar-refractivity contribution is 0.0595. The van der Waals surface area contributed by atoms with Crippen molar-refractivity contribution in [2.24, 2.45) is 5.73 Å². The number of fused-ring (bicyclic) bond motifs is 1. The molecule has 136 valence electrons. The van der Waals surface area contributed by atoms with Gasteiger partial charge in [-0.3, -0.25) is 0 Å². The van der Waals surface area contributed by atoms with Gasteiger partial charge in [0.25, 0.3) is 0 Å². The van der Waals surface area contributed by atoms with Gasteiger partial charge in [0.15, 0.2) is 11.5 Å². The molecule has 3 N–H and O–H groups in total. The summed E-state index contributed by atoms with van der Waals surface area (Å²) < 4.78 is 10.9. The van der Waals surface area contributed by atoms with E-state index >= 15 is 0 Å². The molecule has 2 heterocycles. The SMILES string of the molecule is COC(=O)c1nc(C(N)Cc2ccccc2)oc1-c1c[nH]c2ccccc12. The number of nitrogens with two attached hydrogens (primary N) is 1. The third-order valence-electron chi connectivity index (χ3n) is 4.47. The summed E-state index contributed by atoms with van der Waals surface area (Å²) in [5.74, 6) is 0.106. The summed E-state index contributed by atoms with van der Waals surface area (Å²) in [6.45, 7) is 0. The third-order valence-corrected chi connectivity index (χ3v) is 4.47. The fourth-order valence-electron chi connectivity index (χ4n) is 3.13. The number of nitrogens with zero attached hydrogens (tertiary/aromatic N) is 1. The summed E-state index contributed by atoms with van der Waals surface area (Å²) in [7, 11) is 1.32. The summed E-state index contributed by atoms with van der Waals surface area (Å²) in [4.78, 5) is 19.8. The van der Waals surface area contributed by atoms with Crippen molar-refractivity contribution in [1.29, 1.82) is 0 Å². The van der Waals surface area contributed by atoms with E-state index in [1.807, 2.05) is 54.6 Å². The molecule has 0 saturated carbocycles. The number of esters is 1. The maximum atomic E-state index is 12.3. The van der Waals surface area contributed by atoms with Crippen molar-refractivity contribution in [3.8, 4) is 11.3 Å². The average Bonchev–Trinajstić information content (AvgIpc) is 3.32. The summed E-state index contributed by atoms with van der Waals surface area (Å²) in [6, 6.07) is 17.1. The maximum Gasteiger partial charge on any atom is 0.360 e. The number of H-pyrrole nitrogens is 1. The van der Waals surface area contributed by atoms with E-state index in [2.05, 4.69) is 9.97 Å². The van der Waals surface area contributed by atoms with E-state index in [4.69, 9.17) is 14.9 Å². The molecule has 1 atom stereocenters. The maximum absolute atomic E-state index is 12.3. The van der Waals surface area contributed by atoms with Gasteiger partial charge < -0.3 is 19.9 Å². The number of carbonyl (C=O) groups excluding carboxylic acids is 1. The van der Waals surface area contributed by atoms with Crippen molar-refractivity contribution in [2.75, 3.05) is 7.11 Å². The van der Waals surface area contributed by atoms with Crippen LogP contribution in [-0.2, 0) is 11.2 Å². The number of rotatable bonds is 5. The van der Waals surface area contributed by atoms with Gasteiger partial charge in [-0.2, -0.15) is 0 Å². The van der Waals surface area contributed by atoms with E-state index in [-0.39, 0.29) is 5.69 Å². The predicted molar refractivity (Wildman–Crippen MR) is 102 cm³/mol. The molecule has 0 radical (unpaired) electrons. The molecule has 4 rings (SSSR count). The highest BCUT2D eigenvalue weighted by Crippen LogP contribution is 2.33. The van der Waals surface area contributed by atoms with Crippen LogP contribution in [0.2, 0.25) is 0 Å². The summed E-state index contributed by atoms with van der Waals surface area (Å²) in [5, 5.41) is 0.932. The Balaban J connectivity index is 1.76. The van der Waals surface area contributed by atoms with Crippen LogP contribution in [0.5, 0.6) is 0 Å². The van der Waals surface area contributed by atoms with Crippen LogP contribution in [0, 0.1) is 0 Å². The molecule has 6 nitrogen and oxygen atoms in total. The van der Waals surface area contributed by atoms with Crippen molar-refractivity contribution < 1.29 is 13.9 Å². The molecule has 0 fully saturated rings. The molecule has 0 amide bonds. The Labute approximate surface area is 156 Å². The second-order valence-corrected chi connectivity index (χ2v) is 6.27. The van der Waals surface area contributed by atoms with Crippen LogP contribution >= 0.6 is 0 Å². The Bertz CT molecular complexity index is 1080. The number of methoxy groups -OCH3 is 1. The number of hydrogen-bond donors (Lipinski definition) is 2. The highest BCUT2D eigenvalue weighted by molar-refractivity contribution is 6.00. The number of ether oxygens (including phenoxy) is 1. The quantitative estimate of drug-likeness (QED) is 0.527. The van der Waals surface area contributed by atoms with E-state index in [1.54, 1.807) is 6.20 Å². The van der Waals surface area contributed by atoms with Crippen LogP contribution in [0.3, 0.4) is 0 Å². The minimum atomic E-state index is -0.558. The lowest BCUT2D eigenvalue weighted by Crippen LogP contribution is -2.14. The van der Waals surface area contributed by atoms with Crippen LogP contribution in [0.15, 0.2) is 65.2 Å². The Morgan fingerprint density at radius 3 is 2.70 bits per heavy atom. The normalized spacial score (nSPS) is 12.2. The first-order valence-electron chi connectivity index (χ1n) is 8.62. The van der Waals surface area contributed by atoms with Crippen LogP contribution in [0.25, 0.3) is 22.2 Å². The molecule has 0 aliphatic rings. The van der Waals surface area contributed by atoms with Crippen LogP contribution in [0.4, 0.5) is 0 Å². The molecule has 2 aromatic carbocycles. The molecule has 4 aromatic rings. The molecule has 2 aromatic heterocycles. The van der Waals surface area contributed by atoms with Crippen molar-refractivity contribution >= 4 is 16.9 Å². The molecule has 0 aliphatic carbocycles. The van der Waals surface area contributed by atoms with Crippen LogP contribution < -0.4 is 5.73 Å². The van der Waals surface area contributed by atoms with Crippen LogP contribution in [0.1, 0.15) is 28.0 Å². The second-order valence-electron chi connectivity index (χ2n) is 6.27. The molecule has 0 aliphatic heterocycles. The zero-order valence-electron chi connectivity index (χ0n) is 14.8. The van der Waals surface area contributed by atoms with Gasteiger partial charge in [0.05, 0.1) is 13.2 Å². The second kappa shape index (κ2) is 7.09. The van der Waals surface area contributed by atoms with Gasteiger partial charge in [0.1, 0.15) is 0 Å². The molecular formula is C21H19N3O3. The zero-order valence-corrected chi connectivity index (χ0v) is 14.8. The minimum Gasteiger partial charge on any atom is -0.464 e. The van der Waals surface area contributed by atoms with E-state index in [1.165, 1.54) is 7.11 Å². The average molecular weight is 361 g/mol. The summed E-state index contributed by atoms with van der Waals surface area (Å²) >= 11 is 0. The summed E-state index contributed by atoms with van der Waals surface area (Å²) in [6.07, 6.45) is 2.35. The molecule has 27 heavy (non-hydrogen) atoms. The standard InChI is InChI=1S/C21H19N3O3/c1-26-21(25)18-19(15-12-23-17-10-6-5-9-14(15)17)27-20(24-18)16(22)11-13-7-3-2-4-8-13/h2-10,12,16,23H,11,22H2,1H3. The fraction of sp³-hybridized carbons (Fsp3) is 0.143. The lowest BCUT2D eigenvalue weighted by Gasteiger charge is -2.07. The Hall–Kier alpha value is -3.38. The number of hydrogen-bond acceptors (Lipinski definition) is 5. The largest absolute Gasteiger partial charge is 0.464 e. The van der Waals surface area contributed by atoms with Crippen LogP contribution in [-0.4, -0.2) is 23.0 Å². The van der Waals surface area contributed by atoms with Gasteiger partial charge in [0.2, 0.25) is 5.89 Å². The van der Waals surface area contributed by atoms with Gasteiger partial charge in [-0.25, -0.2) is 9.78 Å². The Morgan fingerprint density at radius 2 is 1.93 bits per heavy atom. The van der Waals surface area contributed by atoms with E-state index in [0.29, 0.717) is 18.1 Å². The van der Waals surface area contributed by atoms with Crippen molar-refractivity contribution in [3.63, 3.8) is 0 Å². The number of benzene rings is 2. The molecule has 6 heteroatoms. The number of aromatic amines is 1. The minimum absolute atomic E-state index is 0.126. The molecule has 1 unspecified atom stereocenters. The van der Waals surface area contributed by atoms with Crippen molar-refractivity contribution in [2.45, 2.75) is 12.5 Å². The number of carbonyl (C=O) groups is 1. The lowest BCUT2D eigenvalue weighted by atomic mass is 10.1. The van der Waals surface area contributed by atoms with E-state index < -0.39 is 12.0 Å². The van der Waals surface area contributed by atoms with Gasteiger partial charge in [-0.1, -0.05) is 48.5 Å². The Morgan fingerprint density at radius 1 is 1.19 bits per heavy atom. The Kier molecular flexibility index (Phi) is 4.48. The fourth-order valence-corrected chi connectivity index (χ4v) is 3.13. The monoisotopic (exact) mass is 361 g/mol. The van der Waals surface area contributed by atoms with Crippen molar-refractivity contribution in [3.05, 3.63) is 77.9 Å². The van der Waals surface area contributed by atoms with Gasteiger partial charge in [-0.05, 0) is 18.1 Å². The van der Waals surface area contributed by atoms with Gasteiger partial charge >= 0.3 is 5.97 Å². The number of para-hydroxylation sites is 1. The number of oxazole rings is 1. The first-order valence-corrected chi connectivity index (χ1v) is 8.62. The third kappa shape index (κ3) is 3.22. The molecule has 0 saturated heterocycles. The first-order chi connectivity index (χ1) is 13.2. The molecule has 0 bridgehead atoms. The first kappa shape index (κ1) is 17.1. The zero-order chi connectivity index (χ0) is 18.8. The predicted octanol–water partition coefficient (Wildman–Crippen LogP) is 3.85. The highest BCUT2D eigenvalue weighted by Gasteiger charge is 2.26. The molecular weight excluding hydrogens is 342 g/mol. The van der Waals surface area contributed by atoms with E-state index in [0.717, 1.165) is 22.0 Å². The van der Waals surface area contributed by atoms with Gasteiger partial charge in [-0.15, -0.1) is 0 Å². The number of nitrogens with one attached hydrogen (secondary N) is 1. The molecule has 0 spiro atoms. The number of aromatic nitrogens is 2. The topological polar surface area (TPSA) is 94.1 Å². The summed E-state index contributed by atoms with van der Waals surface area (Å²) in [5.41, 5.74) is 9.18. The smallest absolute Gasteiger partial charge is 0.360 e. The van der Waals surface area contributed by atoms with Gasteiger partial charge in [0, 0.05) is 22.7 Å².